The molecule has 1 N–H and O–H groups in total. The lowest BCUT2D eigenvalue weighted by Crippen LogP contribution is -2.32. The van der Waals surface area contributed by atoms with Crippen LogP contribution in [0.4, 0.5) is 5.69 Å². The van der Waals surface area contributed by atoms with Gasteiger partial charge in [-0.15, -0.1) is 0 Å². The Bertz CT molecular complexity index is 949. The summed E-state index contributed by atoms with van der Waals surface area (Å²) in [4.78, 5) is 12.8. The highest BCUT2D eigenvalue weighted by atomic mass is 32.2. The Morgan fingerprint density at radius 1 is 1.04 bits per heavy atom. The van der Waals surface area contributed by atoms with Gasteiger partial charge in [0.25, 0.3) is 5.91 Å². The molecule has 3 rings (SSSR count). The maximum absolute atomic E-state index is 13.2. The van der Waals surface area contributed by atoms with Gasteiger partial charge in [-0.25, -0.2) is 8.42 Å². The summed E-state index contributed by atoms with van der Waals surface area (Å²) in [5.41, 5.74) is 1.90. The fourth-order valence-corrected chi connectivity index (χ4v) is 5.05. The molecule has 0 saturated carbocycles. The van der Waals surface area contributed by atoms with Crippen molar-refractivity contribution in [1.82, 2.24) is 4.31 Å². The molecular weight excluding hydrogens is 376 g/mol. The highest BCUT2D eigenvalue weighted by molar-refractivity contribution is 7.89. The lowest BCUT2D eigenvalue weighted by molar-refractivity contribution is 0.102. The standard InChI is InChI=1S/C21H26N2O4S/c1-16-9-5-6-10-18(16)22-21(24)17-11-12-19(27-2)20(15-17)28(25,26)23-13-7-3-4-8-14-23/h5-6,9-12,15H,3-4,7-8,13-14H2,1-2H3,(H,22,24). The summed E-state index contributed by atoms with van der Waals surface area (Å²) in [6.07, 6.45) is 3.74. The third-order valence-electron chi connectivity index (χ3n) is 5.00. The van der Waals surface area contributed by atoms with Gasteiger partial charge in [0.2, 0.25) is 10.0 Å². The summed E-state index contributed by atoms with van der Waals surface area (Å²) in [5, 5.41) is 2.84. The maximum atomic E-state index is 13.2. The number of para-hydroxylation sites is 1. The molecule has 0 aromatic heterocycles. The Kier molecular flexibility index (Phi) is 6.36. The van der Waals surface area contributed by atoms with Crippen LogP contribution in [0.25, 0.3) is 0 Å². The zero-order valence-electron chi connectivity index (χ0n) is 16.3. The van der Waals surface area contributed by atoms with E-state index in [1.54, 1.807) is 6.07 Å². The van der Waals surface area contributed by atoms with Crippen LogP contribution in [0.5, 0.6) is 5.75 Å². The van der Waals surface area contributed by atoms with Gasteiger partial charge in [0.15, 0.2) is 0 Å². The molecule has 1 aliphatic rings. The number of sulfonamides is 1. The van der Waals surface area contributed by atoms with E-state index < -0.39 is 10.0 Å². The van der Waals surface area contributed by atoms with E-state index in [-0.39, 0.29) is 22.1 Å². The number of aryl methyl sites for hydroxylation is 1. The molecule has 0 atom stereocenters. The molecule has 1 fully saturated rings. The first-order valence-electron chi connectivity index (χ1n) is 9.48. The first-order valence-corrected chi connectivity index (χ1v) is 10.9. The van der Waals surface area contributed by atoms with E-state index >= 15 is 0 Å². The SMILES string of the molecule is COc1ccc(C(=O)Nc2ccccc2C)cc1S(=O)(=O)N1CCCCCC1. The Morgan fingerprint density at radius 2 is 1.71 bits per heavy atom. The number of ether oxygens (including phenoxy) is 1. The lowest BCUT2D eigenvalue weighted by Gasteiger charge is -2.21. The quantitative estimate of drug-likeness (QED) is 0.825. The minimum Gasteiger partial charge on any atom is -0.495 e. The fourth-order valence-electron chi connectivity index (χ4n) is 3.35. The van der Waals surface area contributed by atoms with Crippen LogP contribution in [0.15, 0.2) is 47.4 Å². The molecule has 28 heavy (non-hydrogen) atoms. The molecule has 1 saturated heterocycles. The summed E-state index contributed by atoms with van der Waals surface area (Å²) in [5.74, 6) is -0.110. The van der Waals surface area contributed by atoms with Gasteiger partial charge in [0.1, 0.15) is 10.6 Å². The van der Waals surface area contributed by atoms with Crippen molar-refractivity contribution in [3.63, 3.8) is 0 Å². The molecule has 1 heterocycles. The highest BCUT2D eigenvalue weighted by Crippen LogP contribution is 2.29. The van der Waals surface area contributed by atoms with E-state index in [9.17, 15) is 13.2 Å². The number of anilines is 1. The Morgan fingerprint density at radius 3 is 2.36 bits per heavy atom. The average Bonchev–Trinajstić information content (AvgIpc) is 2.99. The predicted molar refractivity (Wildman–Crippen MR) is 109 cm³/mol. The van der Waals surface area contributed by atoms with Crippen LogP contribution in [0, 0.1) is 6.92 Å². The second kappa shape index (κ2) is 8.75. The number of carbonyl (C=O) groups is 1. The zero-order chi connectivity index (χ0) is 20.1. The molecule has 1 amide bonds. The molecule has 0 aliphatic carbocycles. The number of amides is 1. The van der Waals surface area contributed by atoms with E-state index in [0.717, 1.165) is 31.2 Å². The van der Waals surface area contributed by atoms with Crippen molar-refractivity contribution in [2.75, 3.05) is 25.5 Å². The van der Waals surface area contributed by atoms with Crippen LogP contribution < -0.4 is 10.1 Å². The highest BCUT2D eigenvalue weighted by Gasteiger charge is 2.29. The number of nitrogens with one attached hydrogen (secondary N) is 1. The molecule has 0 unspecified atom stereocenters. The Labute approximate surface area is 166 Å². The van der Waals surface area contributed by atoms with Gasteiger partial charge in [-0.3, -0.25) is 4.79 Å². The van der Waals surface area contributed by atoms with Crippen molar-refractivity contribution in [3.05, 3.63) is 53.6 Å². The summed E-state index contributed by atoms with van der Waals surface area (Å²) in [7, 11) is -2.30. The van der Waals surface area contributed by atoms with E-state index in [1.807, 2.05) is 31.2 Å². The number of hydrogen-bond acceptors (Lipinski definition) is 4. The molecule has 2 aromatic rings. The van der Waals surface area contributed by atoms with Gasteiger partial charge in [-0.05, 0) is 49.6 Å². The first-order chi connectivity index (χ1) is 13.4. The number of benzene rings is 2. The van der Waals surface area contributed by atoms with Crippen LogP contribution in [0.2, 0.25) is 0 Å². The second-order valence-corrected chi connectivity index (χ2v) is 8.86. The Hall–Kier alpha value is -2.38. The van der Waals surface area contributed by atoms with Gasteiger partial charge in [0, 0.05) is 24.3 Å². The third kappa shape index (κ3) is 4.36. The monoisotopic (exact) mass is 402 g/mol. The van der Waals surface area contributed by atoms with Crippen LogP contribution in [0.3, 0.4) is 0 Å². The molecule has 0 bridgehead atoms. The topological polar surface area (TPSA) is 75.7 Å². The van der Waals surface area contributed by atoms with Crippen LogP contribution >= 0.6 is 0 Å². The third-order valence-corrected chi connectivity index (χ3v) is 6.92. The van der Waals surface area contributed by atoms with Crippen molar-refractivity contribution in [1.29, 1.82) is 0 Å². The summed E-state index contributed by atoms with van der Waals surface area (Å²) in [6, 6.07) is 12.0. The number of rotatable bonds is 5. The van der Waals surface area contributed by atoms with Gasteiger partial charge in [-0.1, -0.05) is 31.0 Å². The average molecular weight is 403 g/mol. The van der Waals surface area contributed by atoms with Crippen molar-refractivity contribution < 1.29 is 17.9 Å². The largest absolute Gasteiger partial charge is 0.495 e. The molecule has 0 spiro atoms. The second-order valence-electron chi connectivity index (χ2n) is 6.95. The summed E-state index contributed by atoms with van der Waals surface area (Å²) in [6.45, 7) is 2.88. The first kappa shape index (κ1) is 20.4. The van der Waals surface area contributed by atoms with E-state index in [2.05, 4.69) is 5.32 Å². The minimum atomic E-state index is -3.74. The van der Waals surface area contributed by atoms with Crippen molar-refractivity contribution in [3.8, 4) is 5.75 Å². The van der Waals surface area contributed by atoms with Gasteiger partial charge >= 0.3 is 0 Å². The minimum absolute atomic E-state index is 0.0364. The zero-order valence-corrected chi connectivity index (χ0v) is 17.1. The smallest absolute Gasteiger partial charge is 0.255 e. The molecular formula is C21H26N2O4S. The summed E-state index contributed by atoms with van der Waals surface area (Å²) >= 11 is 0. The van der Waals surface area contributed by atoms with Crippen LogP contribution in [-0.4, -0.2) is 38.8 Å². The maximum Gasteiger partial charge on any atom is 0.255 e. The van der Waals surface area contributed by atoms with Crippen molar-refractivity contribution in [2.45, 2.75) is 37.5 Å². The lowest BCUT2D eigenvalue weighted by atomic mass is 10.1. The van der Waals surface area contributed by atoms with Crippen molar-refractivity contribution >= 4 is 21.6 Å². The normalized spacial score (nSPS) is 15.6. The molecule has 150 valence electrons. The fraction of sp³-hybridized carbons (Fsp3) is 0.381. The molecule has 1 aliphatic heterocycles. The number of nitrogens with zero attached hydrogens (tertiary/aromatic N) is 1. The number of methoxy groups -OCH3 is 1. The van der Waals surface area contributed by atoms with Crippen LogP contribution in [-0.2, 0) is 10.0 Å². The molecule has 6 nitrogen and oxygen atoms in total. The van der Waals surface area contributed by atoms with Gasteiger partial charge in [0.05, 0.1) is 7.11 Å². The predicted octanol–water partition coefficient (Wildman–Crippen LogP) is 3.82. The molecule has 2 aromatic carbocycles. The summed E-state index contributed by atoms with van der Waals surface area (Å²) < 4.78 is 33.2. The van der Waals surface area contributed by atoms with Crippen molar-refractivity contribution in [2.24, 2.45) is 0 Å². The van der Waals surface area contributed by atoms with E-state index in [1.165, 1.54) is 23.5 Å². The molecule has 7 heteroatoms. The molecule has 0 radical (unpaired) electrons. The number of hydrogen-bond donors (Lipinski definition) is 1. The number of carbonyl (C=O) groups excluding carboxylic acids is 1. The Balaban J connectivity index is 1.93. The van der Waals surface area contributed by atoms with E-state index in [4.69, 9.17) is 4.74 Å². The van der Waals surface area contributed by atoms with Gasteiger partial charge < -0.3 is 10.1 Å². The van der Waals surface area contributed by atoms with Gasteiger partial charge in [-0.2, -0.15) is 4.31 Å². The van der Waals surface area contributed by atoms with E-state index in [0.29, 0.717) is 18.8 Å². The van der Waals surface area contributed by atoms with Crippen LogP contribution in [0.1, 0.15) is 41.6 Å².